The summed E-state index contributed by atoms with van der Waals surface area (Å²) in [6.45, 7) is 5.64. The van der Waals surface area contributed by atoms with E-state index in [9.17, 15) is 9.50 Å². The van der Waals surface area contributed by atoms with Crippen molar-refractivity contribution in [3.05, 3.63) is 35.1 Å². The third-order valence-corrected chi connectivity index (χ3v) is 2.65. The van der Waals surface area contributed by atoms with Crippen molar-refractivity contribution in [2.75, 3.05) is 0 Å². The third kappa shape index (κ3) is 3.44. The van der Waals surface area contributed by atoms with Gasteiger partial charge in [-0.1, -0.05) is 19.9 Å². The predicted octanol–water partition coefficient (Wildman–Crippen LogP) is 2.57. The Balaban J connectivity index is 0.00000225. The standard InChI is InChI=1S/C12H18FNO.ClH/c1-7(2)12(15)11(14)10-6-9(13)5-4-8(10)3;/h4-7,11-12,15H,14H2,1-3H3;1H/t11-,12+;/m1./s1. The Kier molecular flexibility index (Phi) is 5.94. The lowest BCUT2D eigenvalue weighted by Crippen LogP contribution is -2.31. The molecule has 1 rings (SSSR count). The van der Waals surface area contributed by atoms with Crippen LogP contribution in [0.25, 0.3) is 0 Å². The zero-order chi connectivity index (χ0) is 11.6. The largest absolute Gasteiger partial charge is 0.391 e. The van der Waals surface area contributed by atoms with Crippen LogP contribution in [0.5, 0.6) is 0 Å². The molecule has 0 fully saturated rings. The Morgan fingerprint density at radius 2 is 1.88 bits per heavy atom. The molecule has 0 aliphatic rings. The van der Waals surface area contributed by atoms with E-state index in [2.05, 4.69) is 0 Å². The highest BCUT2D eigenvalue weighted by atomic mass is 35.5. The number of benzene rings is 1. The summed E-state index contributed by atoms with van der Waals surface area (Å²) in [4.78, 5) is 0. The van der Waals surface area contributed by atoms with Crippen LogP contribution in [0.15, 0.2) is 18.2 Å². The average molecular weight is 248 g/mol. The highest BCUT2D eigenvalue weighted by Crippen LogP contribution is 2.23. The van der Waals surface area contributed by atoms with Gasteiger partial charge in [0.2, 0.25) is 0 Å². The molecule has 4 heteroatoms. The topological polar surface area (TPSA) is 46.2 Å². The van der Waals surface area contributed by atoms with E-state index in [0.29, 0.717) is 5.56 Å². The summed E-state index contributed by atoms with van der Waals surface area (Å²) in [5.41, 5.74) is 7.48. The van der Waals surface area contributed by atoms with Gasteiger partial charge in [-0.15, -0.1) is 12.4 Å². The van der Waals surface area contributed by atoms with Crippen molar-refractivity contribution >= 4 is 12.4 Å². The molecule has 0 unspecified atom stereocenters. The van der Waals surface area contributed by atoms with Gasteiger partial charge in [-0.2, -0.15) is 0 Å². The predicted molar refractivity (Wildman–Crippen MR) is 66.2 cm³/mol. The summed E-state index contributed by atoms with van der Waals surface area (Å²) >= 11 is 0. The number of nitrogens with two attached hydrogens (primary N) is 1. The van der Waals surface area contributed by atoms with Gasteiger partial charge in [0.1, 0.15) is 5.82 Å². The smallest absolute Gasteiger partial charge is 0.123 e. The Morgan fingerprint density at radius 1 is 1.31 bits per heavy atom. The lowest BCUT2D eigenvalue weighted by molar-refractivity contribution is 0.0976. The molecule has 0 bridgehead atoms. The van der Waals surface area contributed by atoms with Gasteiger partial charge in [-0.3, -0.25) is 0 Å². The molecular formula is C12H19ClFNO. The molecule has 0 aliphatic heterocycles. The molecule has 0 spiro atoms. The highest BCUT2D eigenvalue weighted by Gasteiger charge is 2.21. The van der Waals surface area contributed by atoms with Gasteiger partial charge in [-0.25, -0.2) is 4.39 Å². The fraction of sp³-hybridized carbons (Fsp3) is 0.500. The van der Waals surface area contributed by atoms with Gasteiger partial charge in [-0.05, 0) is 36.1 Å². The van der Waals surface area contributed by atoms with Gasteiger partial charge >= 0.3 is 0 Å². The molecule has 92 valence electrons. The van der Waals surface area contributed by atoms with Crippen molar-refractivity contribution in [1.29, 1.82) is 0 Å². The van der Waals surface area contributed by atoms with Crippen molar-refractivity contribution < 1.29 is 9.50 Å². The van der Waals surface area contributed by atoms with Crippen LogP contribution >= 0.6 is 12.4 Å². The lowest BCUT2D eigenvalue weighted by atomic mass is 9.92. The molecule has 2 nitrogen and oxygen atoms in total. The second-order valence-corrected chi connectivity index (χ2v) is 4.26. The van der Waals surface area contributed by atoms with Crippen LogP contribution in [0, 0.1) is 18.7 Å². The number of rotatable bonds is 3. The van der Waals surface area contributed by atoms with Crippen molar-refractivity contribution in [1.82, 2.24) is 0 Å². The number of aliphatic hydroxyl groups is 1. The first-order chi connectivity index (χ1) is 6.93. The molecule has 0 heterocycles. The zero-order valence-corrected chi connectivity index (χ0v) is 10.6. The second kappa shape index (κ2) is 6.18. The summed E-state index contributed by atoms with van der Waals surface area (Å²) < 4.78 is 13.0. The first kappa shape index (κ1) is 15.4. The minimum atomic E-state index is -0.648. The first-order valence-electron chi connectivity index (χ1n) is 5.13. The number of aryl methyl sites for hydroxylation is 1. The molecule has 0 saturated carbocycles. The van der Waals surface area contributed by atoms with Crippen LogP contribution in [0.4, 0.5) is 4.39 Å². The zero-order valence-electron chi connectivity index (χ0n) is 9.77. The summed E-state index contributed by atoms with van der Waals surface area (Å²) in [7, 11) is 0. The van der Waals surface area contributed by atoms with E-state index in [0.717, 1.165) is 5.56 Å². The van der Waals surface area contributed by atoms with Crippen LogP contribution in [-0.4, -0.2) is 11.2 Å². The van der Waals surface area contributed by atoms with Crippen LogP contribution < -0.4 is 5.73 Å². The fourth-order valence-corrected chi connectivity index (χ4v) is 1.57. The van der Waals surface area contributed by atoms with Gasteiger partial charge in [0.15, 0.2) is 0 Å². The van der Waals surface area contributed by atoms with Crippen LogP contribution in [0.3, 0.4) is 0 Å². The highest BCUT2D eigenvalue weighted by molar-refractivity contribution is 5.85. The molecule has 2 atom stereocenters. The van der Waals surface area contributed by atoms with Crippen molar-refractivity contribution in [2.24, 2.45) is 11.7 Å². The van der Waals surface area contributed by atoms with E-state index in [4.69, 9.17) is 5.73 Å². The molecule has 0 radical (unpaired) electrons. The van der Waals surface area contributed by atoms with Crippen LogP contribution in [-0.2, 0) is 0 Å². The van der Waals surface area contributed by atoms with Crippen molar-refractivity contribution in [3.63, 3.8) is 0 Å². The van der Waals surface area contributed by atoms with E-state index < -0.39 is 12.1 Å². The molecule has 0 aromatic heterocycles. The van der Waals surface area contributed by atoms with Gasteiger partial charge in [0.05, 0.1) is 12.1 Å². The molecule has 3 N–H and O–H groups in total. The molecular weight excluding hydrogens is 229 g/mol. The summed E-state index contributed by atoms with van der Waals surface area (Å²) in [5.74, 6) is -0.260. The molecule has 16 heavy (non-hydrogen) atoms. The SMILES string of the molecule is Cc1ccc(F)cc1[C@@H](N)[C@@H](O)C(C)C.Cl. The summed E-state index contributed by atoms with van der Waals surface area (Å²) in [5, 5.41) is 9.82. The maximum atomic E-state index is 13.0. The maximum absolute atomic E-state index is 13.0. The number of hydrogen-bond donors (Lipinski definition) is 2. The molecule has 0 saturated heterocycles. The average Bonchev–Trinajstić information content (AvgIpc) is 2.19. The monoisotopic (exact) mass is 247 g/mol. The van der Waals surface area contributed by atoms with E-state index in [-0.39, 0.29) is 24.1 Å². The number of halogens is 2. The van der Waals surface area contributed by atoms with Crippen LogP contribution in [0.2, 0.25) is 0 Å². The second-order valence-electron chi connectivity index (χ2n) is 4.26. The normalized spacial score (nSPS) is 14.4. The van der Waals surface area contributed by atoms with E-state index in [1.54, 1.807) is 6.07 Å². The Bertz CT molecular complexity index is 344. The molecule has 1 aromatic rings. The summed E-state index contributed by atoms with van der Waals surface area (Å²) in [6, 6.07) is 3.94. The first-order valence-corrected chi connectivity index (χ1v) is 5.13. The van der Waals surface area contributed by atoms with E-state index in [1.165, 1.54) is 12.1 Å². The maximum Gasteiger partial charge on any atom is 0.123 e. The van der Waals surface area contributed by atoms with E-state index in [1.807, 2.05) is 20.8 Å². The third-order valence-electron chi connectivity index (χ3n) is 2.65. The van der Waals surface area contributed by atoms with Gasteiger partial charge in [0.25, 0.3) is 0 Å². The minimum Gasteiger partial charge on any atom is -0.391 e. The lowest BCUT2D eigenvalue weighted by Gasteiger charge is -2.23. The van der Waals surface area contributed by atoms with Gasteiger partial charge in [0, 0.05) is 0 Å². The number of hydrogen-bond acceptors (Lipinski definition) is 2. The molecule has 0 amide bonds. The molecule has 1 aromatic carbocycles. The van der Waals surface area contributed by atoms with Crippen LogP contribution in [0.1, 0.15) is 31.0 Å². The van der Waals surface area contributed by atoms with Crippen molar-refractivity contribution in [3.8, 4) is 0 Å². The minimum absolute atomic E-state index is 0. The molecule has 0 aliphatic carbocycles. The number of aliphatic hydroxyl groups excluding tert-OH is 1. The Hall–Kier alpha value is -0.640. The van der Waals surface area contributed by atoms with Crippen molar-refractivity contribution in [2.45, 2.75) is 32.9 Å². The van der Waals surface area contributed by atoms with E-state index >= 15 is 0 Å². The Morgan fingerprint density at radius 3 is 2.38 bits per heavy atom. The van der Waals surface area contributed by atoms with Gasteiger partial charge < -0.3 is 10.8 Å². The summed E-state index contributed by atoms with van der Waals surface area (Å²) in [6.07, 6.45) is -0.648. The fourth-order valence-electron chi connectivity index (χ4n) is 1.57. The Labute approximate surface area is 102 Å². The quantitative estimate of drug-likeness (QED) is 0.863.